The summed E-state index contributed by atoms with van der Waals surface area (Å²) in [5, 5.41) is 2.73. The fourth-order valence-corrected chi connectivity index (χ4v) is 1.18. The van der Waals surface area contributed by atoms with E-state index in [-0.39, 0.29) is 17.8 Å². The van der Waals surface area contributed by atoms with E-state index in [1.165, 1.54) is 12.1 Å². The second kappa shape index (κ2) is 4.89. The van der Waals surface area contributed by atoms with Crippen LogP contribution in [0.2, 0.25) is 0 Å². The minimum atomic E-state index is -0.534. The number of nitrogens with one attached hydrogen (secondary N) is 1. The van der Waals surface area contributed by atoms with E-state index in [0.717, 1.165) is 5.56 Å². The zero-order valence-corrected chi connectivity index (χ0v) is 8.83. The Morgan fingerprint density at radius 1 is 1.33 bits per heavy atom. The van der Waals surface area contributed by atoms with Gasteiger partial charge in [0.1, 0.15) is 5.82 Å². The van der Waals surface area contributed by atoms with Gasteiger partial charge in [-0.05, 0) is 31.5 Å². The molecule has 0 aromatic heterocycles. The van der Waals surface area contributed by atoms with Crippen LogP contribution in [0.5, 0.6) is 0 Å². The maximum absolute atomic E-state index is 12.6. The van der Waals surface area contributed by atoms with Crippen molar-refractivity contribution in [1.29, 1.82) is 0 Å². The van der Waals surface area contributed by atoms with Gasteiger partial charge in [-0.3, -0.25) is 4.79 Å². The standard InChI is InChI=1S/C11H15FN2O/c1-7(13)11(15)14-8(2)9-3-5-10(12)6-4-9/h3-8H,13H2,1-2H3,(H,14,15)/t7-,8+/m0/s1. The lowest BCUT2D eigenvalue weighted by Gasteiger charge is -2.15. The summed E-state index contributed by atoms with van der Waals surface area (Å²) in [6.45, 7) is 3.44. The number of carbonyl (C=O) groups excluding carboxylic acids is 1. The van der Waals surface area contributed by atoms with E-state index >= 15 is 0 Å². The van der Waals surface area contributed by atoms with Gasteiger partial charge in [-0.2, -0.15) is 0 Å². The minimum Gasteiger partial charge on any atom is -0.348 e. The number of rotatable bonds is 3. The third kappa shape index (κ3) is 3.32. The Balaban J connectivity index is 2.65. The van der Waals surface area contributed by atoms with Gasteiger partial charge in [0.2, 0.25) is 5.91 Å². The molecule has 2 atom stereocenters. The van der Waals surface area contributed by atoms with Crippen molar-refractivity contribution in [3.63, 3.8) is 0 Å². The van der Waals surface area contributed by atoms with E-state index in [1.807, 2.05) is 6.92 Å². The van der Waals surface area contributed by atoms with Crippen molar-refractivity contribution in [2.75, 3.05) is 0 Å². The van der Waals surface area contributed by atoms with Gasteiger partial charge in [0, 0.05) is 0 Å². The Morgan fingerprint density at radius 2 is 1.87 bits per heavy atom. The predicted octanol–water partition coefficient (Wildman–Crippen LogP) is 1.35. The number of hydrogen-bond donors (Lipinski definition) is 2. The van der Waals surface area contributed by atoms with Crippen LogP contribution in [-0.4, -0.2) is 11.9 Å². The van der Waals surface area contributed by atoms with E-state index in [2.05, 4.69) is 5.32 Å². The molecule has 0 bridgehead atoms. The lowest BCUT2D eigenvalue weighted by Crippen LogP contribution is -2.39. The van der Waals surface area contributed by atoms with Crippen molar-refractivity contribution in [2.45, 2.75) is 25.9 Å². The smallest absolute Gasteiger partial charge is 0.237 e. The lowest BCUT2D eigenvalue weighted by atomic mass is 10.1. The molecule has 3 nitrogen and oxygen atoms in total. The highest BCUT2D eigenvalue weighted by molar-refractivity contribution is 5.81. The Morgan fingerprint density at radius 3 is 2.33 bits per heavy atom. The van der Waals surface area contributed by atoms with Crippen LogP contribution in [0.4, 0.5) is 4.39 Å². The van der Waals surface area contributed by atoms with Gasteiger partial charge in [0.05, 0.1) is 12.1 Å². The zero-order valence-electron chi connectivity index (χ0n) is 8.83. The first-order chi connectivity index (χ1) is 7.00. The van der Waals surface area contributed by atoms with Gasteiger partial charge in [-0.15, -0.1) is 0 Å². The summed E-state index contributed by atoms with van der Waals surface area (Å²) >= 11 is 0. The molecule has 0 unspecified atom stereocenters. The monoisotopic (exact) mass is 210 g/mol. The second-order valence-corrected chi connectivity index (χ2v) is 3.57. The van der Waals surface area contributed by atoms with Gasteiger partial charge in [0.25, 0.3) is 0 Å². The first kappa shape index (κ1) is 11.7. The molecule has 0 fully saturated rings. The molecule has 1 aromatic carbocycles. The van der Waals surface area contributed by atoms with Gasteiger partial charge < -0.3 is 11.1 Å². The molecule has 0 aliphatic heterocycles. The molecule has 0 heterocycles. The van der Waals surface area contributed by atoms with Crippen LogP contribution in [0.3, 0.4) is 0 Å². The Bertz CT molecular complexity index is 335. The molecule has 3 N–H and O–H groups in total. The summed E-state index contributed by atoms with van der Waals surface area (Å²) < 4.78 is 12.6. The Labute approximate surface area is 88.5 Å². The molecule has 1 amide bonds. The molecule has 0 aliphatic rings. The van der Waals surface area contributed by atoms with Crippen LogP contribution in [0, 0.1) is 5.82 Å². The Hall–Kier alpha value is -1.42. The average molecular weight is 210 g/mol. The normalized spacial score (nSPS) is 14.4. The van der Waals surface area contributed by atoms with Crippen LogP contribution in [0.1, 0.15) is 25.5 Å². The number of benzene rings is 1. The van der Waals surface area contributed by atoms with Crippen molar-refractivity contribution in [2.24, 2.45) is 5.73 Å². The van der Waals surface area contributed by atoms with Crippen LogP contribution in [0.25, 0.3) is 0 Å². The van der Waals surface area contributed by atoms with Gasteiger partial charge in [0.15, 0.2) is 0 Å². The first-order valence-electron chi connectivity index (χ1n) is 4.82. The van der Waals surface area contributed by atoms with Gasteiger partial charge in [-0.1, -0.05) is 12.1 Å². The van der Waals surface area contributed by atoms with Crippen LogP contribution in [0.15, 0.2) is 24.3 Å². The third-order valence-electron chi connectivity index (χ3n) is 2.14. The van der Waals surface area contributed by atoms with Crippen molar-refractivity contribution in [3.8, 4) is 0 Å². The summed E-state index contributed by atoms with van der Waals surface area (Å²) in [6.07, 6.45) is 0. The second-order valence-electron chi connectivity index (χ2n) is 3.57. The number of amides is 1. The highest BCUT2D eigenvalue weighted by atomic mass is 19.1. The van der Waals surface area contributed by atoms with Crippen molar-refractivity contribution < 1.29 is 9.18 Å². The SMILES string of the molecule is C[C@H](N)C(=O)N[C@H](C)c1ccc(F)cc1. The highest BCUT2D eigenvalue weighted by Gasteiger charge is 2.12. The molecule has 0 saturated heterocycles. The maximum atomic E-state index is 12.6. The van der Waals surface area contributed by atoms with Crippen LogP contribution in [-0.2, 0) is 4.79 Å². The topological polar surface area (TPSA) is 55.1 Å². The van der Waals surface area contributed by atoms with E-state index < -0.39 is 6.04 Å². The number of halogens is 1. The van der Waals surface area contributed by atoms with E-state index in [9.17, 15) is 9.18 Å². The molecule has 0 aliphatic carbocycles. The molecule has 15 heavy (non-hydrogen) atoms. The molecule has 0 spiro atoms. The minimum absolute atomic E-state index is 0.163. The van der Waals surface area contributed by atoms with Crippen molar-refractivity contribution >= 4 is 5.91 Å². The molecular formula is C11H15FN2O. The lowest BCUT2D eigenvalue weighted by molar-refractivity contribution is -0.122. The number of carbonyl (C=O) groups is 1. The van der Waals surface area contributed by atoms with Crippen LogP contribution < -0.4 is 11.1 Å². The molecule has 82 valence electrons. The first-order valence-corrected chi connectivity index (χ1v) is 4.82. The molecule has 1 rings (SSSR count). The summed E-state index contributed by atoms with van der Waals surface area (Å²) in [4.78, 5) is 11.3. The largest absolute Gasteiger partial charge is 0.348 e. The molecule has 1 aromatic rings. The number of hydrogen-bond acceptors (Lipinski definition) is 2. The van der Waals surface area contributed by atoms with Crippen molar-refractivity contribution in [3.05, 3.63) is 35.6 Å². The summed E-state index contributed by atoms with van der Waals surface area (Å²) in [7, 11) is 0. The number of nitrogens with two attached hydrogens (primary N) is 1. The zero-order chi connectivity index (χ0) is 11.4. The quantitative estimate of drug-likeness (QED) is 0.791. The summed E-state index contributed by atoms with van der Waals surface area (Å²) in [6, 6.07) is 5.31. The summed E-state index contributed by atoms with van der Waals surface area (Å²) in [5.41, 5.74) is 6.27. The average Bonchev–Trinajstić information content (AvgIpc) is 2.18. The van der Waals surface area contributed by atoms with Crippen LogP contribution >= 0.6 is 0 Å². The summed E-state index contributed by atoms with van der Waals surface area (Å²) in [5.74, 6) is -0.503. The maximum Gasteiger partial charge on any atom is 0.237 e. The molecular weight excluding hydrogens is 195 g/mol. The fraction of sp³-hybridized carbons (Fsp3) is 0.364. The molecule has 0 saturated carbocycles. The van der Waals surface area contributed by atoms with Gasteiger partial charge in [-0.25, -0.2) is 4.39 Å². The molecule has 0 radical (unpaired) electrons. The van der Waals surface area contributed by atoms with E-state index in [1.54, 1.807) is 19.1 Å². The van der Waals surface area contributed by atoms with E-state index in [4.69, 9.17) is 5.73 Å². The fourth-order valence-electron chi connectivity index (χ4n) is 1.18. The highest BCUT2D eigenvalue weighted by Crippen LogP contribution is 2.12. The predicted molar refractivity (Wildman–Crippen MR) is 56.6 cm³/mol. The molecule has 4 heteroatoms. The third-order valence-corrected chi connectivity index (χ3v) is 2.14. The van der Waals surface area contributed by atoms with Crippen molar-refractivity contribution in [1.82, 2.24) is 5.32 Å². The van der Waals surface area contributed by atoms with Gasteiger partial charge >= 0.3 is 0 Å². The Kier molecular flexibility index (Phi) is 3.80. The van der Waals surface area contributed by atoms with E-state index in [0.29, 0.717) is 0 Å².